The Balaban J connectivity index is 2.62. The van der Waals surface area contributed by atoms with E-state index in [1.165, 1.54) is 11.1 Å². The molecule has 0 saturated carbocycles. The molecule has 1 aromatic heterocycles. The number of benzene rings is 1. The molecule has 0 amide bonds. The van der Waals surface area contributed by atoms with Crippen LogP contribution in [0.4, 0.5) is 0 Å². The minimum absolute atomic E-state index is 0.767. The Bertz CT molecular complexity index is 512. The summed E-state index contributed by atoms with van der Waals surface area (Å²) in [6.45, 7) is 7.93. The molecule has 3 heteroatoms. The highest BCUT2D eigenvalue weighted by molar-refractivity contribution is 5.60. The van der Waals surface area contributed by atoms with Gasteiger partial charge in [-0.2, -0.15) is 0 Å². The lowest BCUT2D eigenvalue weighted by atomic mass is 10.1. The van der Waals surface area contributed by atoms with Crippen molar-refractivity contribution in [1.29, 1.82) is 0 Å². The quantitative estimate of drug-likeness (QED) is 0.731. The van der Waals surface area contributed by atoms with Crippen LogP contribution in [0, 0.1) is 27.7 Å². The summed E-state index contributed by atoms with van der Waals surface area (Å²) in [6.07, 6.45) is 0. The summed E-state index contributed by atoms with van der Waals surface area (Å²) in [7, 11) is 0. The number of aryl methyl sites for hydroxylation is 4. The monoisotopic (exact) mass is 213 g/mol. The Hall–Kier alpha value is -1.77. The fraction of sp³-hybridized carbons (Fsp3) is 0.308. The molecule has 3 nitrogen and oxygen atoms in total. The summed E-state index contributed by atoms with van der Waals surface area (Å²) in [5, 5.41) is 0. The molecule has 82 valence electrons. The minimum atomic E-state index is 0.767. The van der Waals surface area contributed by atoms with E-state index in [-0.39, 0.29) is 0 Å². The Morgan fingerprint density at radius 1 is 0.812 bits per heavy atom. The Morgan fingerprint density at radius 2 is 1.44 bits per heavy atom. The number of nitrogens with zero attached hydrogens (tertiary/aromatic N) is 3. The van der Waals surface area contributed by atoms with Crippen LogP contribution in [-0.2, 0) is 0 Å². The van der Waals surface area contributed by atoms with Gasteiger partial charge >= 0.3 is 0 Å². The van der Waals surface area contributed by atoms with Gasteiger partial charge in [0.05, 0.1) is 0 Å². The maximum atomic E-state index is 4.38. The van der Waals surface area contributed by atoms with Crippen molar-refractivity contribution in [1.82, 2.24) is 15.0 Å². The van der Waals surface area contributed by atoms with Crippen molar-refractivity contribution in [3.05, 3.63) is 41.0 Å². The van der Waals surface area contributed by atoms with Crippen molar-refractivity contribution in [3.8, 4) is 11.4 Å². The van der Waals surface area contributed by atoms with Crippen LogP contribution in [0.15, 0.2) is 18.2 Å². The average molecular weight is 213 g/mol. The van der Waals surface area contributed by atoms with E-state index in [9.17, 15) is 0 Å². The van der Waals surface area contributed by atoms with Crippen LogP contribution < -0.4 is 0 Å². The zero-order valence-electron chi connectivity index (χ0n) is 10.1. The first-order chi connectivity index (χ1) is 7.56. The predicted octanol–water partition coefficient (Wildman–Crippen LogP) is 2.77. The van der Waals surface area contributed by atoms with Gasteiger partial charge in [0.25, 0.3) is 0 Å². The predicted molar refractivity (Wildman–Crippen MR) is 64.2 cm³/mol. The van der Waals surface area contributed by atoms with Gasteiger partial charge in [0, 0.05) is 5.56 Å². The molecule has 0 radical (unpaired) electrons. The second-order valence-electron chi connectivity index (χ2n) is 4.07. The maximum Gasteiger partial charge on any atom is 0.163 e. The first kappa shape index (κ1) is 10.7. The van der Waals surface area contributed by atoms with E-state index in [0.29, 0.717) is 0 Å². The molecule has 0 aliphatic carbocycles. The molecule has 0 spiro atoms. The van der Waals surface area contributed by atoms with Crippen LogP contribution in [0.5, 0.6) is 0 Å². The fourth-order valence-electron chi connectivity index (χ4n) is 1.71. The van der Waals surface area contributed by atoms with Gasteiger partial charge in [-0.15, -0.1) is 0 Å². The van der Waals surface area contributed by atoms with Crippen LogP contribution in [0.3, 0.4) is 0 Å². The second-order valence-corrected chi connectivity index (χ2v) is 4.07. The third kappa shape index (κ3) is 2.08. The Labute approximate surface area is 95.6 Å². The Morgan fingerprint density at radius 3 is 2.06 bits per heavy atom. The van der Waals surface area contributed by atoms with Crippen molar-refractivity contribution in [2.24, 2.45) is 0 Å². The second kappa shape index (κ2) is 4.00. The van der Waals surface area contributed by atoms with Crippen LogP contribution in [-0.4, -0.2) is 15.0 Å². The molecule has 0 unspecified atom stereocenters. The summed E-state index contributed by atoms with van der Waals surface area (Å²) < 4.78 is 0. The van der Waals surface area contributed by atoms with Crippen molar-refractivity contribution in [2.45, 2.75) is 27.7 Å². The van der Waals surface area contributed by atoms with Crippen molar-refractivity contribution in [2.75, 3.05) is 0 Å². The molecule has 0 bridgehead atoms. The molecule has 1 aromatic carbocycles. The van der Waals surface area contributed by atoms with Gasteiger partial charge in [0.2, 0.25) is 0 Å². The van der Waals surface area contributed by atoms with Crippen molar-refractivity contribution < 1.29 is 0 Å². The van der Waals surface area contributed by atoms with Crippen molar-refractivity contribution >= 4 is 0 Å². The smallest absolute Gasteiger partial charge is 0.163 e. The van der Waals surface area contributed by atoms with Gasteiger partial charge in [-0.25, -0.2) is 15.0 Å². The van der Waals surface area contributed by atoms with E-state index in [2.05, 4.69) is 47.0 Å². The van der Waals surface area contributed by atoms with Gasteiger partial charge in [-0.3, -0.25) is 0 Å². The highest BCUT2D eigenvalue weighted by Gasteiger charge is 2.07. The molecule has 0 atom stereocenters. The van der Waals surface area contributed by atoms with Crippen LogP contribution >= 0.6 is 0 Å². The molecule has 0 N–H and O–H groups in total. The standard InChI is InChI=1S/C13H15N3/c1-8-5-6-9(2)12(7-8)13-15-10(3)14-11(4)16-13/h5-7H,1-4H3. The lowest BCUT2D eigenvalue weighted by Crippen LogP contribution is -2.00. The van der Waals surface area contributed by atoms with Gasteiger partial charge in [-0.05, 0) is 39.3 Å². The highest BCUT2D eigenvalue weighted by atomic mass is 15.0. The molecule has 1 heterocycles. The summed E-state index contributed by atoms with van der Waals surface area (Å²) in [5.74, 6) is 2.30. The molecule has 2 aromatic rings. The van der Waals surface area contributed by atoms with E-state index in [1.54, 1.807) is 0 Å². The Kier molecular flexibility index (Phi) is 2.69. The number of hydrogen-bond donors (Lipinski definition) is 0. The zero-order valence-corrected chi connectivity index (χ0v) is 10.1. The van der Waals surface area contributed by atoms with Gasteiger partial charge in [0.15, 0.2) is 5.82 Å². The van der Waals surface area contributed by atoms with Gasteiger partial charge < -0.3 is 0 Å². The summed E-state index contributed by atoms with van der Waals surface area (Å²) >= 11 is 0. The summed E-state index contributed by atoms with van der Waals surface area (Å²) in [5.41, 5.74) is 3.50. The summed E-state index contributed by atoms with van der Waals surface area (Å²) in [4.78, 5) is 13.0. The third-order valence-electron chi connectivity index (χ3n) is 2.49. The third-order valence-corrected chi connectivity index (χ3v) is 2.49. The van der Waals surface area contributed by atoms with E-state index in [4.69, 9.17) is 0 Å². The topological polar surface area (TPSA) is 38.7 Å². The number of aromatic nitrogens is 3. The normalized spacial score (nSPS) is 10.5. The van der Waals surface area contributed by atoms with E-state index >= 15 is 0 Å². The first-order valence-corrected chi connectivity index (χ1v) is 5.33. The van der Waals surface area contributed by atoms with E-state index in [0.717, 1.165) is 23.0 Å². The molecule has 0 aliphatic rings. The summed E-state index contributed by atoms with van der Waals surface area (Å²) in [6, 6.07) is 6.31. The molecule has 0 fully saturated rings. The highest BCUT2D eigenvalue weighted by Crippen LogP contribution is 2.21. The zero-order chi connectivity index (χ0) is 11.7. The lowest BCUT2D eigenvalue weighted by Gasteiger charge is -2.06. The maximum absolute atomic E-state index is 4.38. The average Bonchev–Trinajstić information content (AvgIpc) is 2.20. The lowest BCUT2D eigenvalue weighted by molar-refractivity contribution is 0.927. The van der Waals surface area contributed by atoms with Crippen LogP contribution in [0.1, 0.15) is 22.8 Å². The SMILES string of the molecule is Cc1ccc(C)c(-c2nc(C)nc(C)n2)c1. The van der Waals surface area contributed by atoms with Crippen LogP contribution in [0.25, 0.3) is 11.4 Å². The van der Waals surface area contributed by atoms with Gasteiger partial charge in [0.1, 0.15) is 11.6 Å². The number of rotatable bonds is 1. The molecular formula is C13H15N3. The largest absolute Gasteiger partial charge is 0.219 e. The van der Waals surface area contributed by atoms with Crippen LogP contribution in [0.2, 0.25) is 0 Å². The van der Waals surface area contributed by atoms with E-state index < -0.39 is 0 Å². The van der Waals surface area contributed by atoms with E-state index in [1.807, 2.05) is 13.8 Å². The minimum Gasteiger partial charge on any atom is -0.219 e. The van der Waals surface area contributed by atoms with Crippen molar-refractivity contribution in [3.63, 3.8) is 0 Å². The molecular weight excluding hydrogens is 198 g/mol. The fourth-order valence-corrected chi connectivity index (χ4v) is 1.71. The first-order valence-electron chi connectivity index (χ1n) is 5.33. The van der Waals surface area contributed by atoms with Gasteiger partial charge in [-0.1, -0.05) is 17.7 Å². The molecule has 2 rings (SSSR count). The molecule has 0 aliphatic heterocycles. The molecule has 0 saturated heterocycles. The molecule has 16 heavy (non-hydrogen) atoms. The number of hydrogen-bond acceptors (Lipinski definition) is 3.